The van der Waals surface area contributed by atoms with E-state index in [4.69, 9.17) is 9.47 Å². The predicted molar refractivity (Wildman–Crippen MR) is 126 cm³/mol. The molecule has 3 rings (SSSR count). The number of hydrogen-bond donors (Lipinski definition) is 2. The van der Waals surface area contributed by atoms with Gasteiger partial charge in [0.25, 0.3) is 0 Å². The number of hydrogen-bond acceptors (Lipinski definition) is 4. The van der Waals surface area contributed by atoms with E-state index in [9.17, 15) is 9.90 Å². The van der Waals surface area contributed by atoms with Crippen molar-refractivity contribution in [3.8, 4) is 11.5 Å². The highest BCUT2D eigenvalue weighted by atomic mass is 16.5. The molecule has 3 aromatic rings. The molecule has 6 heteroatoms. The van der Waals surface area contributed by atoms with Crippen molar-refractivity contribution in [2.24, 2.45) is 0 Å². The molecule has 1 aromatic heterocycles. The zero-order valence-electron chi connectivity index (χ0n) is 19.5. The Bertz CT molecular complexity index is 1080. The maximum absolute atomic E-state index is 12.0. The van der Waals surface area contributed by atoms with Gasteiger partial charge in [0.1, 0.15) is 0 Å². The molecule has 0 aliphatic carbocycles. The van der Waals surface area contributed by atoms with E-state index in [1.165, 1.54) is 5.56 Å². The number of nitrogens with zero attached hydrogens (tertiary/aromatic N) is 1. The first-order chi connectivity index (χ1) is 15.3. The van der Waals surface area contributed by atoms with Crippen LogP contribution in [0.3, 0.4) is 0 Å². The van der Waals surface area contributed by atoms with Crippen LogP contribution in [0, 0.1) is 20.8 Å². The molecule has 0 spiro atoms. The summed E-state index contributed by atoms with van der Waals surface area (Å²) < 4.78 is 13.1. The number of benzene rings is 2. The zero-order chi connectivity index (χ0) is 23.3. The van der Waals surface area contributed by atoms with E-state index in [0.717, 1.165) is 28.1 Å². The Morgan fingerprint density at radius 1 is 0.969 bits per heavy atom. The first kappa shape index (κ1) is 23.4. The predicted octanol–water partition coefficient (Wildman–Crippen LogP) is 4.86. The Kier molecular flexibility index (Phi) is 7.59. The molecule has 0 unspecified atom stereocenters. The van der Waals surface area contributed by atoms with Crippen LogP contribution in [0.25, 0.3) is 0 Å². The van der Waals surface area contributed by atoms with E-state index in [1.54, 1.807) is 7.11 Å². The average molecular weight is 437 g/mol. The van der Waals surface area contributed by atoms with Crippen molar-refractivity contribution in [2.75, 3.05) is 13.7 Å². The molecule has 0 fully saturated rings. The molecule has 0 bridgehead atoms. The summed E-state index contributed by atoms with van der Waals surface area (Å²) in [6.45, 7) is 10.1. The van der Waals surface area contributed by atoms with E-state index in [1.807, 2.05) is 39.0 Å². The number of aryl methyl sites for hydroxylation is 1. The highest BCUT2D eigenvalue weighted by Gasteiger charge is 2.22. The van der Waals surface area contributed by atoms with Crippen LogP contribution in [0.5, 0.6) is 11.5 Å². The molecule has 0 aliphatic rings. The Morgan fingerprint density at radius 2 is 1.66 bits per heavy atom. The van der Waals surface area contributed by atoms with Gasteiger partial charge in [0, 0.05) is 36.6 Å². The maximum Gasteiger partial charge on any atom is 0.337 e. The van der Waals surface area contributed by atoms with Crippen molar-refractivity contribution in [2.45, 2.75) is 47.3 Å². The third kappa shape index (κ3) is 5.14. The lowest BCUT2D eigenvalue weighted by Crippen LogP contribution is -2.15. The number of nitrogens with one attached hydrogen (secondary N) is 1. The van der Waals surface area contributed by atoms with Crippen LogP contribution in [0.2, 0.25) is 0 Å². The van der Waals surface area contributed by atoms with Gasteiger partial charge >= 0.3 is 5.97 Å². The van der Waals surface area contributed by atoms with Crippen LogP contribution in [0.4, 0.5) is 0 Å². The van der Waals surface area contributed by atoms with Crippen LogP contribution in [0.1, 0.15) is 50.9 Å². The molecule has 2 N–H and O–H groups in total. The summed E-state index contributed by atoms with van der Waals surface area (Å²) in [6.07, 6.45) is 0. The van der Waals surface area contributed by atoms with Crippen molar-refractivity contribution in [1.82, 2.24) is 9.88 Å². The molecule has 0 saturated carbocycles. The minimum absolute atomic E-state index is 0.381. The molecule has 0 radical (unpaired) electrons. The second-order valence-electron chi connectivity index (χ2n) is 7.92. The lowest BCUT2D eigenvalue weighted by molar-refractivity contribution is 0.0694. The third-order valence-electron chi connectivity index (χ3n) is 5.74. The van der Waals surface area contributed by atoms with Crippen molar-refractivity contribution < 1.29 is 19.4 Å². The number of rotatable bonds is 10. The van der Waals surface area contributed by atoms with Crippen LogP contribution in [0.15, 0.2) is 42.5 Å². The number of carbonyl (C=O) groups is 1. The Hall–Kier alpha value is -3.25. The van der Waals surface area contributed by atoms with Gasteiger partial charge in [-0.15, -0.1) is 0 Å². The summed E-state index contributed by atoms with van der Waals surface area (Å²) in [5.41, 5.74) is 6.33. The van der Waals surface area contributed by atoms with Crippen molar-refractivity contribution in [1.29, 1.82) is 0 Å². The zero-order valence-corrected chi connectivity index (χ0v) is 19.5. The van der Waals surface area contributed by atoms with Crippen molar-refractivity contribution in [3.05, 3.63) is 81.7 Å². The Balaban J connectivity index is 1.79. The molecule has 32 heavy (non-hydrogen) atoms. The summed E-state index contributed by atoms with van der Waals surface area (Å²) in [5.74, 6) is 0.507. The third-order valence-corrected chi connectivity index (χ3v) is 5.74. The Labute approximate surface area is 189 Å². The average Bonchev–Trinajstić information content (AvgIpc) is 3.00. The maximum atomic E-state index is 12.0. The molecular weight excluding hydrogens is 404 g/mol. The van der Waals surface area contributed by atoms with Gasteiger partial charge in [-0.05, 0) is 51.0 Å². The second-order valence-corrected chi connectivity index (χ2v) is 7.92. The highest BCUT2D eigenvalue weighted by Crippen LogP contribution is 2.28. The normalized spacial score (nSPS) is 10.9. The lowest BCUT2D eigenvalue weighted by Gasteiger charge is -2.12. The largest absolute Gasteiger partial charge is 0.493 e. The summed E-state index contributed by atoms with van der Waals surface area (Å²) >= 11 is 0. The van der Waals surface area contributed by atoms with Gasteiger partial charge in [-0.25, -0.2) is 4.79 Å². The molecule has 0 saturated heterocycles. The smallest absolute Gasteiger partial charge is 0.337 e. The number of ether oxygens (including phenoxy) is 2. The van der Waals surface area contributed by atoms with Crippen LogP contribution in [-0.2, 0) is 19.6 Å². The standard InChI is InChI=1S/C26H32N2O4/c1-6-32-23-12-11-21(13-24(23)31-5)14-27-15-22-18(3)28(19(4)25(22)26(29)30)16-20-9-7-17(2)8-10-20/h7-13,27H,6,14-16H2,1-5H3,(H,29,30). The highest BCUT2D eigenvalue weighted by molar-refractivity contribution is 5.91. The fraction of sp³-hybridized carbons (Fsp3) is 0.346. The molecule has 2 aromatic carbocycles. The van der Waals surface area contributed by atoms with Crippen LogP contribution < -0.4 is 14.8 Å². The van der Waals surface area contributed by atoms with Crippen molar-refractivity contribution >= 4 is 5.97 Å². The molecular formula is C26H32N2O4. The molecule has 6 nitrogen and oxygen atoms in total. The van der Waals surface area contributed by atoms with E-state index in [-0.39, 0.29) is 0 Å². The molecule has 0 atom stereocenters. The fourth-order valence-corrected chi connectivity index (χ4v) is 3.99. The van der Waals surface area contributed by atoms with Gasteiger partial charge in [0.2, 0.25) is 0 Å². The van der Waals surface area contributed by atoms with E-state index >= 15 is 0 Å². The summed E-state index contributed by atoms with van der Waals surface area (Å²) in [4.78, 5) is 12.0. The number of methoxy groups -OCH3 is 1. The van der Waals surface area contributed by atoms with E-state index < -0.39 is 5.97 Å². The summed E-state index contributed by atoms with van der Waals surface area (Å²) in [6, 6.07) is 14.2. The SMILES string of the molecule is CCOc1ccc(CNCc2c(C(=O)O)c(C)n(Cc3ccc(C)cc3)c2C)cc1OC. The van der Waals surface area contributed by atoms with E-state index in [2.05, 4.69) is 41.1 Å². The Morgan fingerprint density at radius 3 is 2.28 bits per heavy atom. The molecule has 0 aliphatic heterocycles. The quantitative estimate of drug-likeness (QED) is 0.475. The van der Waals surface area contributed by atoms with Gasteiger partial charge < -0.3 is 24.5 Å². The lowest BCUT2D eigenvalue weighted by atomic mass is 10.1. The molecule has 0 amide bonds. The number of aromatic carboxylic acids is 1. The second kappa shape index (κ2) is 10.4. The van der Waals surface area contributed by atoms with Gasteiger partial charge in [0.05, 0.1) is 19.3 Å². The van der Waals surface area contributed by atoms with Gasteiger partial charge in [-0.2, -0.15) is 0 Å². The minimum atomic E-state index is -0.896. The number of aromatic nitrogens is 1. The van der Waals surface area contributed by atoms with E-state index in [0.29, 0.717) is 43.3 Å². The monoisotopic (exact) mass is 436 g/mol. The van der Waals surface area contributed by atoms with Crippen molar-refractivity contribution in [3.63, 3.8) is 0 Å². The van der Waals surface area contributed by atoms with Crippen LogP contribution in [-0.4, -0.2) is 29.4 Å². The topological polar surface area (TPSA) is 72.7 Å². The minimum Gasteiger partial charge on any atom is -0.493 e. The number of carboxylic acid groups (broad SMARTS) is 1. The summed E-state index contributed by atoms with van der Waals surface area (Å²) in [7, 11) is 1.62. The number of carboxylic acids is 1. The first-order valence-corrected chi connectivity index (χ1v) is 10.8. The summed E-state index contributed by atoms with van der Waals surface area (Å²) in [5, 5.41) is 13.3. The van der Waals surface area contributed by atoms with Gasteiger partial charge in [0.15, 0.2) is 11.5 Å². The van der Waals surface area contributed by atoms with Crippen LogP contribution >= 0.6 is 0 Å². The molecule has 170 valence electrons. The molecule has 1 heterocycles. The van der Waals surface area contributed by atoms with Gasteiger partial charge in [-0.3, -0.25) is 0 Å². The first-order valence-electron chi connectivity index (χ1n) is 10.8. The van der Waals surface area contributed by atoms with Gasteiger partial charge in [-0.1, -0.05) is 35.9 Å². The fourth-order valence-electron chi connectivity index (χ4n) is 3.99.